The zero-order chi connectivity index (χ0) is 18.4. The second kappa shape index (κ2) is 6.36. The van der Waals surface area contributed by atoms with Gasteiger partial charge >= 0.3 is 0 Å². The minimum absolute atomic E-state index is 0.0831. The number of amides is 1. The van der Waals surface area contributed by atoms with Crippen LogP contribution in [0, 0.1) is 23.2 Å². The Kier molecular flexibility index (Phi) is 3.96. The normalized spacial score (nSPS) is 32.1. The van der Waals surface area contributed by atoms with Gasteiger partial charge in [-0.15, -0.1) is 0 Å². The van der Waals surface area contributed by atoms with E-state index in [4.69, 9.17) is 0 Å². The van der Waals surface area contributed by atoms with Gasteiger partial charge in [0.05, 0.1) is 11.6 Å². The number of carbonyl (C=O) groups is 1. The average molecular weight is 362 g/mol. The fraction of sp³-hybridized carbons (Fsp3) is 0.478. The highest BCUT2D eigenvalue weighted by molar-refractivity contribution is 6.02. The molecule has 0 heterocycles. The van der Waals surface area contributed by atoms with Gasteiger partial charge in [0, 0.05) is 5.56 Å². The van der Waals surface area contributed by atoms with E-state index in [-0.39, 0.29) is 17.1 Å². The van der Waals surface area contributed by atoms with Gasteiger partial charge < -0.3 is 5.11 Å². The second-order valence-electron chi connectivity index (χ2n) is 8.96. The Labute approximate surface area is 159 Å². The van der Waals surface area contributed by atoms with Crippen LogP contribution >= 0.6 is 0 Å². The van der Waals surface area contributed by atoms with Crippen LogP contribution in [0.3, 0.4) is 0 Å². The molecular weight excluding hydrogens is 336 g/mol. The quantitative estimate of drug-likeness (QED) is 0.619. The summed E-state index contributed by atoms with van der Waals surface area (Å²) in [4.78, 5) is 13.1. The molecule has 140 valence electrons. The van der Waals surface area contributed by atoms with Gasteiger partial charge in [-0.1, -0.05) is 43.2 Å². The van der Waals surface area contributed by atoms with Gasteiger partial charge in [0.2, 0.25) is 5.91 Å². The molecule has 0 aliphatic heterocycles. The van der Waals surface area contributed by atoms with Crippen LogP contribution in [0.25, 0.3) is 10.8 Å². The van der Waals surface area contributed by atoms with E-state index in [2.05, 4.69) is 10.5 Å². The molecule has 2 N–H and O–H groups in total. The van der Waals surface area contributed by atoms with E-state index in [0.717, 1.165) is 36.0 Å². The molecule has 4 bridgehead atoms. The minimum atomic E-state index is -0.217. The van der Waals surface area contributed by atoms with E-state index in [0.29, 0.717) is 17.4 Å². The summed E-state index contributed by atoms with van der Waals surface area (Å²) >= 11 is 0. The predicted octanol–water partition coefficient (Wildman–Crippen LogP) is 4.60. The highest BCUT2D eigenvalue weighted by Crippen LogP contribution is 2.57. The van der Waals surface area contributed by atoms with E-state index in [9.17, 15) is 9.90 Å². The Morgan fingerprint density at radius 2 is 1.74 bits per heavy atom. The van der Waals surface area contributed by atoms with Crippen molar-refractivity contribution in [3.05, 3.63) is 42.0 Å². The maximum Gasteiger partial charge on any atom is 0.246 e. The average Bonchev–Trinajstić information content (AvgIpc) is 2.89. The molecule has 0 saturated heterocycles. The number of benzene rings is 2. The third-order valence-corrected chi connectivity index (χ3v) is 7.14. The van der Waals surface area contributed by atoms with Crippen LogP contribution in [-0.2, 0) is 4.79 Å². The summed E-state index contributed by atoms with van der Waals surface area (Å²) in [7, 11) is 0. The number of carbonyl (C=O) groups excluding carboxylic acids is 1. The number of rotatable bonds is 3. The fourth-order valence-electron chi connectivity index (χ4n) is 6.16. The molecule has 4 saturated carbocycles. The van der Waals surface area contributed by atoms with E-state index >= 15 is 0 Å². The Balaban J connectivity index is 1.38. The number of aromatic hydroxyl groups is 1. The highest BCUT2D eigenvalue weighted by atomic mass is 16.3. The molecule has 4 nitrogen and oxygen atoms in total. The van der Waals surface area contributed by atoms with E-state index in [1.54, 1.807) is 12.3 Å². The van der Waals surface area contributed by atoms with Gasteiger partial charge in [-0.3, -0.25) is 4.79 Å². The summed E-state index contributed by atoms with van der Waals surface area (Å²) in [5.74, 6) is 2.42. The minimum Gasteiger partial charge on any atom is -0.507 e. The molecule has 27 heavy (non-hydrogen) atoms. The van der Waals surface area contributed by atoms with Crippen molar-refractivity contribution in [3.8, 4) is 5.75 Å². The van der Waals surface area contributed by atoms with Crippen LogP contribution in [0.15, 0.2) is 41.5 Å². The molecule has 4 aliphatic rings. The van der Waals surface area contributed by atoms with E-state index in [1.165, 1.54) is 25.7 Å². The van der Waals surface area contributed by atoms with Gasteiger partial charge in [0.1, 0.15) is 5.75 Å². The summed E-state index contributed by atoms with van der Waals surface area (Å²) in [5.41, 5.74) is 3.26. The Bertz CT molecular complexity index is 904. The molecule has 0 radical (unpaired) electrons. The SMILES string of the molecule is O=C(N/N=C\c1c(O)ccc2ccccc12)C12CC3C[C@@H](CC[C@@H](C3)C1)C2. The lowest BCUT2D eigenvalue weighted by Crippen LogP contribution is -2.47. The molecule has 0 spiro atoms. The van der Waals surface area contributed by atoms with E-state index in [1.807, 2.05) is 30.3 Å². The van der Waals surface area contributed by atoms with Crippen LogP contribution < -0.4 is 5.43 Å². The molecule has 0 aromatic heterocycles. The van der Waals surface area contributed by atoms with Gasteiger partial charge in [-0.2, -0.15) is 5.10 Å². The molecule has 2 aromatic rings. The summed E-state index contributed by atoms with van der Waals surface area (Å²) < 4.78 is 0. The molecule has 6 rings (SSSR count). The lowest BCUT2D eigenvalue weighted by molar-refractivity contribution is -0.138. The lowest BCUT2D eigenvalue weighted by atomic mass is 9.58. The largest absolute Gasteiger partial charge is 0.507 e. The number of nitrogens with zero attached hydrogens (tertiary/aromatic N) is 1. The van der Waals surface area contributed by atoms with Crippen molar-refractivity contribution >= 4 is 22.9 Å². The first kappa shape index (κ1) is 16.8. The smallest absolute Gasteiger partial charge is 0.246 e. The molecule has 4 heteroatoms. The van der Waals surface area contributed by atoms with Crippen LogP contribution in [0.5, 0.6) is 5.75 Å². The van der Waals surface area contributed by atoms with Crippen molar-refractivity contribution in [2.24, 2.45) is 28.3 Å². The summed E-state index contributed by atoms with van der Waals surface area (Å²) in [6.07, 6.45) is 9.90. The van der Waals surface area contributed by atoms with Gasteiger partial charge in [0.25, 0.3) is 0 Å². The van der Waals surface area contributed by atoms with Crippen molar-refractivity contribution in [3.63, 3.8) is 0 Å². The topological polar surface area (TPSA) is 61.7 Å². The first-order valence-electron chi connectivity index (χ1n) is 10.2. The van der Waals surface area contributed by atoms with Crippen LogP contribution in [-0.4, -0.2) is 17.2 Å². The molecule has 2 unspecified atom stereocenters. The molecule has 4 aliphatic carbocycles. The van der Waals surface area contributed by atoms with Gasteiger partial charge in [-0.25, -0.2) is 5.43 Å². The fourth-order valence-corrected chi connectivity index (χ4v) is 6.16. The third kappa shape index (κ3) is 2.91. The number of phenolic OH excluding ortho intramolecular Hbond substituents is 1. The summed E-state index contributed by atoms with van der Waals surface area (Å²) in [6, 6.07) is 11.4. The van der Waals surface area contributed by atoms with Crippen LogP contribution in [0.4, 0.5) is 0 Å². The predicted molar refractivity (Wildman–Crippen MR) is 107 cm³/mol. The van der Waals surface area contributed by atoms with Crippen LogP contribution in [0.2, 0.25) is 0 Å². The third-order valence-electron chi connectivity index (χ3n) is 7.14. The standard InChI is InChI=1S/C23H26N2O2/c26-21-8-7-18-3-1-2-4-19(18)20(21)14-24-25-22(27)23-11-15-5-6-16(12-23)10-17(9-15)13-23/h1-4,7-8,14-17,26H,5-6,9-13H2,(H,25,27)/b24-14-/t15-,16+,17?,23?. The summed E-state index contributed by atoms with van der Waals surface area (Å²) in [5, 5.41) is 16.5. The van der Waals surface area contributed by atoms with E-state index < -0.39 is 0 Å². The van der Waals surface area contributed by atoms with Crippen molar-refractivity contribution in [1.82, 2.24) is 5.43 Å². The Morgan fingerprint density at radius 1 is 1.04 bits per heavy atom. The molecule has 4 atom stereocenters. The number of phenols is 1. The maximum absolute atomic E-state index is 13.1. The second-order valence-corrected chi connectivity index (χ2v) is 8.96. The molecule has 2 aromatic carbocycles. The number of nitrogens with one attached hydrogen (secondary N) is 1. The first-order chi connectivity index (χ1) is 13.1. The van der Waals surface area contributed by atoms with Crippen molar-refractivity contribution in [1.29, 1.82) is 0 Å². The monoisotopic (exact) mass is 362 g/mol. The first-order valence-corrected chi connectivity index (χ1v) is 10.2. The zero-order valence-electron chi connectivity index (χ0n) is 15.5. The molecule has 4 fully saturated rings. The molecule has 1 amide bonds. The van der Waals surface area contributed by atoms with Crippen LogP contribution in [0.1, 0.15) is 50.5 Å². The van der Waals surface area contributed by atoms with Crippen molar-refractivity contribution < 1.29 is 9.90 Å². The maximum atomic E-state index is 13.1. The zero-order valence-corrected chi connectivity index (χ0v) is 15.5. The Hall–Kier alpha value is -2.36. The summed E-state index contributed by atoms with van der Waals surface area (Å²) in [6.45, 7) is 0. The van der Waals surface area contributed by atoms with Crippen molar-refractivity contribution in [2.75, 3.05) is 0 Å². The Morgan fingerprint density at radius 3 is 2.52 bits per heavy atom. The van der Waals surface area contributed by atoms with Gasteiger partial charge in [-0.05, 0) is 66.7 Å². The number of hydrazone groups is 1. The lowest BCUT2D eigenvalue weighted by Gasteiger charge is -2.46. The number of fused-ring (bicyclic) bond motifs is 2. The highest BCUT2D eigenvalue weighted by Gasteiger charge is 2.52. The van der Waals surface area contributed by atoms with Gasteiger partial charge in [0.15, 0.2) is 0 Å². The number of hydrogen-bond acceptors (Lipinski definition) is 3. The number of hydrogen-bond donors (Lipinski definition) is 2. The van der Waals surface area contributed by atoms with Crippen molar-refractivity contribution in [2.45, 2.75) is 44.9 Å². The molecular formula is C23H26N2O2.